The van der Waals surface area contributed by atoms with Gasteiger partial charge >= 0.3 is 6.09 Å². The molecular weight excluding hydrogens is 490 g/mol. The SMILES string of the molecule is CC(C)(C)OC(=O)N1CCC[C@H](Nc2nccc(-n3c(CCC#N)cnc3-c3ccc4ccccc4c3)n2)C1. The van der Waals surface area contributed by atoms with Gasteiger partial charge in [-0.25, -0.2) is 14.8 Å². The lowest BCUT2D eigenvalue weighted by molar-refractivity contribution is 0.0206. The van der Waals surface area contributed by atoms with Crippen LogP contribution in [0.15, 0.2) is 60.9 Å². The number of aromatic nitrogens is 4. The van der Waals surface area contributed by atoms with Crippen LogP contribution >= 0.6 is 0 Å². The lowest BCUT2D eigenvalue weighted by Crippen LogP contribution is -2.47. The van der Waals surface area contributed by atoms with Gasteiger partial charge in [0.1, 0.15) is 17.2 Å². The Morgan fingerprint density at radius 1 is 1.15 bits per heavy atom. The third kappa shape index (κ3) is 6.17. The third-order valence-electron chi connectivity index (χ3n) is 6.61. The zero-order chi connectivity index (χ0) is 27.4. The number of piperidine rings is 1. The van der Waals surface area contributed by atoms with Crippen LogP contribution in [0.2, 0.25) is 0 Å². The highest BCUT2D eigenvalue weighted by molar-refractivity contribution is 5.86. The molecule has 3 heterocycles. The molecule has 1 amide bonds. The molecule has 1 atom stereocenters. The van der Waals surface area contributed by atoms with Gasteiger partial charge in [0.15, 0.2) is 0 Å². The van der Waals surface area contributed by atoms with Crippen molar-refractivity contribution < 1.29 is 9.53 Å². The largest absolute Gasteiger partial charge is 0.444 e. The van der Waals surface area contributed by atoms with Crippen molar-refractivity contribution in [3.05, 3.63) is 66.6 Å². The minimum absolute atomic E-state index is 0.00215. The van der Waals surface area contributed by atoms with E-state index in [1.54, 1.807) is 11.1 Å². The van der Waals surface area contributed by atoms with Crippen molar-refractivity contribution in [2.45, 2.75) is 58.1 Å². The molecule has 0 spiro atoms. The first-order valence-electron chi connectivity index (χ1n) is 13.3. The molecule has 9 nitrogen and oxygen atoms in total. The third-order valence-corrected chi connectivity index (χ3v) is 6.61. The van der Waals surface area contributed by atoms with E-state index in [0.717, 1.165) is 40.7 Å². The van der Waals surface area contributed by atoms with E-state index in [0.29, 0.717) is 37.7 Å². The van der Waals surface area contributed by atoms with E-state index >= 15 is 0 Å². The van der Waals surface area contributed by atoms with Crippen LogP contribution in [0, 0.1) is 11.3 Å². The molecule has 4 aromatic rings. The van der Waals surface area contributed by atoms with Crippen LogP contribution in [0.4, 0.5) is 10.7 Å². The Hall–Kier alpha value is -4.45. The fourth-order valence-corrected chi connectivity index (χ4v) is 4.85. The first-order chi connectivity index (χ1) is 18.8. The Kier molecular flexibility index (Phi) is 7.46. The predicted molar refractivity (Wildman–Crippen MR) is 150 cm³/mol. The number of anilines is 1. The molecule has 0 bridgehead atoms. The number of carbonyl (C=O) groups is 1. The lowest BCUT2D eigenvalue weighted by atomic mass is 10.1. The van der Waals surface area contributed by atoms with Crippen LogP contribution < -0.4 is 5.32 Å². The second-order valence-corrected chi connectivity index (χ2v) is 10.8. The maximum Gasteiger partial charge on any atom is 0.410 e. The summed E-state index contributed by atoms with van der Waals surface area (Å²) in [6.45, 7) is 6.80. The summed E-state index contributed by atoms with van der Waals surface area (Å²) in [5.41, 5.74) is 1.33. The van der Waals surface area contributed by atoms with Gasteiger partial charge in [-0.05, 0) is 56.5 Å². The normalized spacial score (nSPS) is 15.6. The van der Waals surface area contributed by atoms with Crippen molar-refractivity contribution in [1.29, 1.82) is 5.26 Å². The molecule has 2 aromatic carbocycles. The number of carbonyl (C=O) groups excluding carboxylic acids is 1. The number of amides is 1. The molecule has 0 radical (unpaired) electrons. The number of benzene rings is 2. The average Bonchev–Trinajstić information content (AvgIpc) is 3.35. The fourth-order valence-electron chi connectivity index (χ4n) is 4.85. The van der Waals surface area contributed by atoms with E-state index < -0.39 is 5.60 Å². The lowest BCUT2D eigenvalue weighted by Gasteiger charge is -2.34. The predicted octanol–water partition coefficient (Wildman–Crippen LogP) is 5.75. The quantitative estimate of drug-likeness (QED) is 0.343. The number of nitriles is 1. The van der Waals surface area contributed by atoms with Crippen molar-refractivity contribution in [3.8, 4) is 23.3 Å². The summed E-state index contributed by atoms with van der Waals surface area (Å²) >= 11 is 0. The monoisotopic (exact) mass is 523 g/mol. The van der Waals surface area contributed by atoms with Gasteiger partial charge < -0.3 is 15.0 Å². The summed E-state index contributed by atoms with van der Waals surface area (Å²) in [6, 6.07) is 18.6. The molecular formula is C30H33N7O2. The molecule has 200 valence electrons. The zero-order valence-electron chi connectivity index (χ0n) is 22.6. The van der Waals surface area contributed by atoms with E-state index in [9.17, 15) is 10.1 Å². The number of ether oxygens (including phenoxy) is 1. The number of nitrogens with one attached hydrogen (secondary N) is 1. The molecule has 1 aliphatic rings. The summed E-state index contributed by atoms with van der Waals surface area (Å²) < 4.78 is 7.57. The van der Waals surface area contributed by atoms with Crippen LogP contribution in [-0.4, -0.2) is 55.2 Å². The van der Waals surface area contributed by atoms with Gasteiger partial charge in [-0.1, -0.05) is 36.4 Å². The standard InChI is InChI=1S/C30H33N7O2/c1-30(2,3)39-29(38)36-17-7-10-24(20-36)34-28-32-16-14-26(35-28)37-25(11-6-15-31)19-33-27(37)23-13-12-21-8-4-5-9-22(21)18-23/h4-5,8-9,12-14,16,18-19,24H,6-7,10-11,17,20H2,1-3H3,(H,32,34,35)/t24-/m0/s1. The summed E-state index contributed by atoms with van der Waals surface area (Å²) in [7, 11) is 0. The summed E-state index contributed by atoms with van der Waals surface area (Å²) in [5.74, 6) is 1.90. The number of fused-ring (bicyclic) bond motifs is 1. The molecule has 2 aromatic heterocycles. The zero-order valence-corrected chi connectivity index (χ0v) is 22.6. The molecule has 0 saturated carbocycles. The van der Waals surface area contributed by atoms with Crippen molar-refractivity contribution in [3.63, 3.8) is 0 Å². The van der Waals surface area contributed by atoms with Crippen molar-refractivity contribution in [2.24, 2.45) is 0 Å². The molecule has 0 aliphatic carbocycles. The van der Waals surface area contributed by atoms with Gasteiger partial charge in [-0.15, -0.1) is 0 Å². The second kappa shape index (κ2) is 11.1. The summed E-state index contributed by atoms with van der Waals surface area (Å²) in [5, 5.41) is 14.9. The second-order valence-electron chi connectivity index (χ2n) is 10.8. The van der Waals surface area contributed by atoms with Crippen molar-refractivity contribution in [1.82, 2.24) is 24.4 Å². The van der Waals surface area contributed by atoms with Crippen molar-refractivity contribution >= 4 is 22.8 Å². The summed E-state index contributed by atoms with van der Waals surface area (Å²) in [6.07, 6.45) is 5.92. The van der Waals surface area contributed by atoms with Crippen molar-refractivity contribution in [2.75, 3.05) is 18.4 Å². The maximum absolute atomic E-state index is 12.6. The topological polar surface area (TPSA) is 109 Å². The number of hydrogen-bond acceptors (Lipinski definition) is 7. The molecule has 1 N–H and O–H groups in total. The van der Waals surface area contributed by atoms with Gasteiger partial charge in [0.2, 0.25) is 5.95 Å². The number of rotatable bonds is 6. The van der Waals surface area contributed by atoms with Crippen LogP contribution in [0.1, 0.15) is 45.7 Å². The van der Waals surface area contributed by atoms with E-state index in [1.807, 2.05) is 49.7 Å². The Bertz CT molecular complexity index is 1520. The molecule has 1 saturated heterocycles. The number of aryl methyl sites for hydroxylation is 1. The molecule has 0 unspecified atom stereocenters. The van der Waals surface area contributed by atoms with Gasteiger partial charge in [0.25, 0.3) is 0 Å². The van der Waals surface area contributed by atoms with Crippen LogP contribution in [-0.2, 0) is 11.2 Å². The van der Waals surface area contributed by atoms with E-state index in [4.69, 9.17) is 14.7 Å². The van der Waals surface area contributed by atoms with Gasteiger partial charge in [-0.2, -0.15) is 10.2 Å². The number of likely N-dealkylation sites (tertiary alicyclic amines) is 1. The molecule has 1 fully saturated rings. The Morgan fingerprint density at radius 3 is 2.77 bits per heavy atom. The minimum Gasteiger partial charge on any atom is -0.444 e. The molecule has 9 heteroatoms. The Labute approximate surface area is 228 Å². The number of nitrogens with zero attached hydrogens (tertiary/aromatic N) is 6. The highest BCUT2D eigenvalue weighted by Gasteiger charge is 2.28. The smallest absolute Gasteiger partial charge is 0.410 e. The van der Waals surface area contributed by atoms with E-state index in [1.165, 1.54) is 0 Å². The first-order valence-corrected chi connectivity index (χ1v) is 13.3. The van der Waals surface area contributed by atoms with Gasteiger partial charge in [0.05, 0.1) is 6.07 Å². The first kappa shape index (κ1) is 26.2. The maximum atomic E-state index is 12.6. The fraction of sp³-hybridized carbons (Fsp3) is 0.367. The van der Waals surface area contributed by atoms with Crippen LogP contribution in [0.25, 0.3) is 28.0 Å². The molecule has 39 heavy (non-hydrogen) atoms. The van der Waals surface area contributed by atoms with Crippen LogP contribution in [0.3, 0.4) is 0 Å². The Balaban J connectivity index is 1.42. The van der Waals surface area contributed by atoms with E-state index in [2.05, 4.69) is 46.7 Å². The molecule has 1 aliphatic heterocycles. The van der Waals surface area contributed by atoms with Gasteiger partial charge in [0, 0.05) is 55.6 Å². The highest BCUT2D eigenvalue weighted by atomic mass is 16.6. The van der Waals surface area contributed by atoms with E-state index in [-0.39, 0.29) is 12.1 Å². The number of imidazole rings is 1. The Morgan fingerprint density at radius 2 is 1.97 bits per heavy atom. The van der Waals surface area contributed by atoms with Crippen LogP contribution in [0.5, 0.6) is 0 Å². The molecule has 5 rings (SSSR count). The highest BCUT2D eigenvalue weighted by Crippen LogP contribution is 2.28. The number of hydrogen-bond donors (Lipinski definition) is 1. The minimum atomic E-state index is -0.536. The summed E-state index contributed by atoms with van der Waals surface area (Å²) in [4.78, 5) is 28.4. The van der Waals surface area contributed by atoms with Gasteiger partial charge in [-0.3, -0.25) is 4.57 Å². The average molecular weight is 524 g/mol.